The molecule has 0 saturated carbocycles. The third kappa shape index (κ3) is 1.11. The fourth-order valence-corrected chi connectivity index (χ4v) is 1.61. The quantitative estimate of drug-likeness (QED) is 0.532. The monoisotopic (exact) mass is 146 g/mol. The number of aryl methyl sites for hydroxylation is 2. The molecular formula is C10H12N. The third-order valence-electron chi connectivity index (χ3n) is 2.20. The van der Waals surface area contributed by atoms with E-state index in [0.29, 0.717) is 0 Å². The highest BCUT2D eigenvalue weighted by molar-refractivity contribution is 5.52. The molecule has 1 heterocycles. The van der Waals surface area contributed by atoms with Gasteiger partial charge in [0.1, 0.15) is 0 Å². The molecular weight excluding hydrogens is 134 g/mol. The van der Waals surface area contributed by atoms with Gasteiger partial charge in [0, 0.05) is 6.54 Å². The Bertz CT molecular complexity index is 266. The van der Waals surface area contributed by atoms with Crippen LogP contribution in [0, 0.1) is 6.92 Å². The maximum atomic E-state index is 4.49. The van der Waals surface area contributed by atoms with E-state index < -0.39 is 0 Å². The molecule has 1 heteroatoms. The molecule has 0 aliphatic carbocycles. The van der Waals surface area contributed by atoms with Crippen molar-refractivity contribution >= 4 is 5.69 Å². The molecule has 1 aliphatic rings. The molecule has 0 aromatic heterocycles. The lowest BCUT2D eigenvalue weighted by Gasteiger charge is -2.16. The molecule has 57 valence electrons. The van der Waals surface area contributed by atoms with Crippen molar-refractivity contribution in [1.29, 1.82) is 0 Å². The predicted molar refractivity (Wildman–Crippen MR) is 46.2 cm³/mol. The van der Waals surface area contributed by atoms with Crippen LogP contribution in [0.25, 0.3) is 0 Å². The van der Waals surface area contributed by atoms with Crippen molar-refractivity contribution in [3.8, 4) is 0 Å². The van der Waals surface area contributed by atoms with Crippen molar-refractivity contribution in [1.82, 2.24) is 5.32 Å². The SMILES string of the molecule is Cc1cccc2c1[N]CCC2. The molecule has 1 aromatic rings. The summed E-state index contributed by atoms with van der Waals surface area (Å²) in [5.41, 5.74) is 4.00. The van der Waals surface area contributed by atoms with E-state index in [2.05, 4.69) is 30.4 Å². The topological polar surface area (TPSA) is 14.1 Å². The molecule has 2 rings (SSSR count). The summed E-state index contributed by atoms with van der Waals surface area (Å²) in [6.45, 7) is 3.14. The maximum Gasteiger partial charge on any atom is 0.0635 e. The average Bonchev–Trinajstić information content (AvgIpc) is 2.06. The Morgan fingerprint density at radius 2 is 2.27 bits per heavy atom. The Balaban J connectivity index is 2.49. The van der Waals surface area contributed by atoms with Crippen LogP contribution in [0.3, 0.4) is 0 Å². The van der Waals surface area contributed by atoms with E-state index in [0.717, 1.165) is 6.54 Å². The van der Waals surface area contributed by atoms with Crippen LogP contribution < -0.4 is 5.32 Å². The standard InChI is InChI=1S/C10H12N/c1-8-4-2-5-9-6-3-7-11-10(8)9/h2,4-5H,3,6-7H2,1H3. The number of benzene rings is 1. The lowest BCUT2D eigenvalue weighted by molar-refractivity contribution is 0.701. The molecule has 0 unspecified atom stereocenters. The van der Waals surface area contributed by atoms with Crippen LogP contribution >= 0.6 is 0 Å². The van der Waals surface area contributed by atoms with Gasteiger partial charge in [-0.05, 0) is 30.9 Å². The summed E-state index contributed by atoms with van der Waals surface area (Å²) < 4.78 is 0. The highest BCUT2D eigenvalue weighted by Crippen LogP contribution is 2.24. The lowest BCUT2D eigenvalue weighted by Crippen LogP contribution is -2.11. The van der Waals surface area contributed by atoms with Gasteiger partial charge in [-0.15, -0.1) is 0 Å². The normalized spacial score (nSPS) is 15.4. The molecule has 0 spiro atoms. The number of hydrogen-bond donors (Lipinski definition) is 0. The van der Waals surface area contributed by atoms with Gasteiger partial charge in [0.25, 0.3) is 0 Å². The Labute approximate surface area is 67.4 Å². The van der Waals surface area contributed by atoms with Gasteiger partial charge in [-0.2, -0.15) is 0 Å². The molecule has 0 N–H and O–H groups in total. The van der Waals surface area contributed by atoms with Gasteiger partial charge in [-0.3, -0.25) is 5.32 Å². The average molecular weight is 146 g/mol. The first-order chi connectivity index (χ1) is 5.38. The summed E-state index contributed by atoms with van der Waals surface area (Å²) in [7, 11) is 0. The van der Waals surface area contributed by atoms with E-state index in [1.54, 1.807) is 0 Å². The van der Waals surface area contributed by atoms with Gasteiger partial charge < -0.3 is 0 Å². The minimum absolute atomic E-state index is 1.01. The van der Waals surface area contributed by atoms with Crippen LogP contribution in [0.5, 0.6) is 0 Å². The number of rotatable bonds is 0. The van der Waals surface area contributed by atoms with Crippen molar-refractivity contribution in [2.45, 2.75) is 19.8 Å². The van der Waals surface area contributed by atoms with E-state index in [9.17, 15) is 0 Å². The van der Waals surface area contributed by atoms with Gasteiger partial charge in [0.15, 0.2) is 0 Å². The zero-order chi connectivity index (χ0) is 7.68. The van der Waals surface area contributed by atoms with Crippen molar-refractivity contribution in [3.63, 3.8) is 0 Å². The van der Waals surface area contributed by atoms with Crippen LogP contribution in [0.2, 0.25) is 0 Å². The summed E-state index contributed by atoms with van der Waals surface area (Å²) in [5.74, 6) is 0. The first kappa shape index (κ1) is 6.71. The number of para-hydroxylation sites is 1. The van der Waals surface area contributed by atoms with Gasteiger partial charge in [-0.1, -0.05) is 18.2 Å². The Morgan fingerprint density at radius 1 is 1.36 bits per heavy atom. The zero-order valence-corrected chi connectivity index (χ0v) is 6.80. The van der Waals surface area contributed by atoms with Crippen LogP contribution in [-0.4, -0.2) is 6.54 Å². The predicted octanol–water partition coefficient (Wildman–Crippen LogP) is 2.18. The smallest absolute Gasteiger partial charge is 0.0635 e. The Hall–Kier alpha value is -0.980. The molecule has 1 nitrogen and oxygen atoms in total. The van der Waals surface area contributed by atoms with E-state index in [1.807, 2.05) is 0 Å². The van der Waals surface area contributed by atoms with Gasteiger partial charge in [0.2, 0.25) is 0 Å². The second-order valence-corrected chi connectivity index (χ2v) is 3.07. The number of fused-ring (bicyclic) bond motifs is 1. The van der Waals surface area contributed by atoms with Gasteiger partial charge in [0.05, 0.1) is 5.69 Å². The molecule has 1 aliphatic heterocycles. The van der Waals surface area contributed by atoms with E-state index in [4.69, 9.17) is 0 Å². The van der Waals surface area contributed by atoms with Crippen LogP contribution in [0.1, 0.15) is 17.5 Å². The van der Waals surface area contributed by atoms with Crippen molar-refractivity contribution in [2.24, 2.45) is 0 Å². The van der Waals surface area contributed by atoms with Crippen LogP contribution in [0.4, 0.5) is 5.69 Å². The molecule has 1 aromatic carbocycles. The van der Waals surface area contributed by atoms with Gasteiger partial charge >= 0.3 is 0 Å². The molecule has 11 heavy (non-hydrogen) atoms. The highest BCUT2D eigenvalue weighted by Gasteiger charge is 2.10. The highest BCUT2D eigenvalue weighted by atomic mass is 14.9. The largest absolute Gasteiger partial charge is 0.285 e. The van der Waals surface area contributed by atoms with E-state index >= 15 is 0 Å². The first-order valence-corrected chi connectivity index (χ1v) is 4.14. The van der Waals surface area contributed by atoms with Crippen molar-refractivity contribution in [3.05, 3.63) is 29.3 Å². The molecule has 0 fully saturated rings. The second-order valence-electron chi connectivity index (χ2n) is 3.07. The molecule has 1 radical (unpaired) electrons. The fourth-order valence-electron chi connectivity index (χ4n) is 1.61. The lowest BCUT2D eigenvalue weighted by atomic mass is 10.0. The minimum Gasteiger partial charge on any atom is -0.285 e. The third-order valence-corrected chi connectivity index (χ3v) is 2.20. The van der Waals surface area contributed by atoms with Crippen LogP contribution in [0.15, 0.2) is 18.2 Å². The molecule has 0 amide bonds. The number of hydrogen-bond acceptors (Lipinski definition) is 0. The second kappa shape index (κ2) is 2.57. The van der Waals surface area contributed by atoms with Crippen molar-refractivity contribution < 1.29 is 0 Å². The number of nitrogens with zero attached hydrogens (tertiary/aromatic N) is 1. The maximum absolute atomic E-state index is 4.49. The zero-order valence-electron chi connectivity index (χ0n) is 6.80. The molecule has 0 bridgehead atoms. The van der Waals surface area contributed by atoms with E-state index in [1.165, 1.54) is 29.7 Å². The summed E-state index contributed by atoms with van der Waals surface area (Å²) in [4.78, 5) is 0. The summed E-state index contributed by atoms with van der Waals surface area (Å²) >= 11 is 0. The van der Waals surface area contributed by atoms with Gasteiger partial charge in [-0.25, -0.2) is 0 Å². The fraction of sp³-hybridized carbons (Fsp3) is 0.400. The van der Waals surface area contributed by atoms with Crippen LogP contribution in [-0.2, 0) is 6.42 Å². The Kier molecular flexibility index (Phi) is 1.57. The summed E-state index contributed by atoms with van der Waals surface area (Å²) in [6, 6.07) is 6.44. The molecule has 0 saturated heterocycles. The molecule has 0 atom stereocenters. The van der Waals surface area contributed by atoms with E-state index in [-0.39, 0.29) is 0 Å². The van der Waals surface area contributed by atoms with Crippen molar-refractivity contribution in [2.75, 3.05) is 6.54 Å². The summed E-state index contributed by atoms with van der Waals surface area (Å²) in [5, 5.41) is 4.49. The minimum atomic E-state index is 1.01. The first-order valence-electron chi connectivity index (χ1n) is 4.14. The Morgan fingerprint density at radius 3 is 3.09 bits per heavy atom. The summed E-state index contributed by atoms with van der Waals surface area (Å²) in [6.07, 6.45) is 2.43.